The lowest BCUT2D eigenvalue weighted by Crippen LogP contribution is -2.27. The van der Waals surface area contributed by atoms with E-state index < -0.39 is 21.7 Å². The van der Waals surface area contributed by atoms with Gasteiger partial charge < -0.3 is 0 Å². The van der Waals surface area contributed by atoms with E-state index in [0.29, 0.717) is 0 Å². The quantitative estimate of drug-likeness (QED) is 0.839. The van der Waals surface area contributed by atoms with Gasteiger partial charge >= 0.3 is 16.2 Å². The highest BCUT2D eigenvalue weighted by molar-refractivity contribution is 7.61. The molecule has 2 rings (SSSR count). The number of benzene rings is 1. The summed E-state index contributed by atoms with van der Waals surface area (Å²) in [5, 5.41) is 0. The molecular weight excluding hydrogens is 258 g/mol. The summed E-state index contributed by atoms with van der Waals surface area (Å²) in [7, 11) is -2.62. The van der Waals surface area contributed by atoms with Crippen molar-refractivity contribution in [1.82, 2.24) is 9.55 Å². The summed E-state index contributed by atoms with van der Waals surface area (Å²) in [6, 6.07) is 7.34. The monoisotopic (exact) mass is 265 g/mol. The number of nitrogens with zero attached hydrogens (tertiary/aromatic N) is 2. The summed E-state index contributed by atoms with van der Waals surface area (Å²) in [6.45, 7) is 0. The molecule has 0 radical (unpaired) electrons. The van der Waals surface area contributed by atoms with E-state index in [-0.39, 0.29) is 11.4 Å². The lowest BCUT2D eigenvalue weighted by Gasteiger charge is -2.05. The second-order valence-electron chi connectivity index (χ2n) is 3.28. The molecule has 0 spiro atoms. The van der Waals surface area contributed by atoms with E-state index >= 15 is 0 Å². The number of H-pyrrole nitrogens is 1. The minimum absolute atomic E-state index is 0.111. The molecule has 0 atom stereocenters. The number of rotatable bonds is 2. The molecule has 8 heteroatoms. The first-order valence-corrected chi connectivity index (χ1v) is 5.83. The molecular formula is C10H7N3O4S. The van der Waals surface area contributed by atoms with Crippen LogP contribution in [-0.2, 0) is 10.5 Å². The number of hydrogen-bond donors (Lipinski definition) is 1. The molecule has 1 heterocycles. The topological polar surface area (TPSA) is 101 Å². The molecule has 92 valence electrons. The van der Waals surface area contributed by atoms with Crippen LogP contribution < -0.4 is 11.2 Å². The van der Waals surface area contributed by atoms with Gasteiger partial charge in [0, 0.05) is 12.3 Å². The Balaban J connectivity index is 2.76. The Morgan fingerprint density at radius 2 is 1.83 bits per heavy atom. The van der Waals surface area contributed by atoms with Gasteiger partial charge in [-0.15, -0.1) is 4.36 Å². The van der Waals surface area contributed by atoms with Crippen molar-refractivity contribution in [1.29, 1.82) is 0 Å². The Morgan fingerprint density at radius 3 is 2.50 bits per heavy atom. The molecule has 0 saturated carbocycles. The molecule has 0 amide bonds. The van der Waals surface area contributed by atoms with Gasteiger partial charge in [0.1, 0.15) is 5.69 Å². The maximum atomic E-state index is 11.6. The maximum Gasteiger partial charge on any atom is 0.332 e. The van der Waals surface area contributed by atoms with Crippen LogP contribution in [0.5, 0.6) is 0 Å². The summed E-state index contributed by atoms with van der Waals surface area (Å²) in [5.74, 6) is 0. The number of nitrogens with one attached hydrogen (secondary N) is 1. The van der Waals surface area contributed by atoms with Crippen LogP contribution in [0.1, 0.15) is 0 Å². The fourth-order valence-electron chi connectivity index (χ4n) is 1.43. The third-order valence-electron chi connectivity index (χ3n) is 2.14. The lowest BCUT2D eigenvalue weighted by molar-refractivity contribution is 0.622. The zero-order valence-corrected chi connectivity index (χ0v) is 9.72. The molecule has 1 N–H and O–H groups in total. The molecule has 0 unspecified atom stereocenters. The molecule has 1 aromatic heterocycles. The van der Waals surface area contributed by atoms with Gasteiger partial charge in [-0.3, -0.25) is 14.3 Å². The normalized spacial score (nSPS) is 10.0. The van der Waals surface area contributed by atoms with Gasteiger partial charge in [0.2, 0.25) is 0 Å². The highest BCUT2D eigenvalue weighted by atomic mass is 32.2. The van der Waals surface area contributed by atoms with E-state index in [1.807, 2.05) is 0 Å². The summed E-state index contributed by atoms with van der Waals surface area (Å²) in [6.07, 6.45) is 1.25. The van der Waals surface area contributed by atoms with E-state index in [2.05, 4.69) is 9.35 Å². The van der Waals surface area contributed by atoms with Crippen molar-refractivity contribution in [3.63, 3.8) is 0 Å². The first-order chi connectivity index (χ1) is 8.58. The Labute approximate surface area is 102 Å². The molecule has 7 nitrogen and oxygen atoms in total. The zero-order valence-electron chi connectivity index (χ0n) is 8.90. The predicted molar refractivity (Wildman–Crippen MR) is 63.7 cm³/mol. The smallest absolute Gasteiger partial charge is 0.274 e. The second kappa shape index (κ2) is 4.80. The molecule has 1 aromatic carbocycles. The van der Waals surface area contributed by atoms with Crippen molar-refractivity contribution in [2.75, 3.05) is 0 Å². The van der Waals surface area contributed by atoms with Crippen LogP contribution in [0, 0.1) is 0 Å². The van der Waals surface area contributed by atoms with Crippen molar-refractivity contribution < 1.29 is 8.42 Å². The van der Waals surface area contributed by atoms with Crippen molar-refractivity contribution >= 4 is 16.2 Å². The van der Waals surface area contributed by atoms with Crippen LogP contribution in [0.25, 0.3) is 5.69 Å². The predicted octanol–water partition coefficient (Wildman–Crippen LogP) is 0.220. The second-order valence-corrected chi connectivity index (χ2v) is 3.89. The summed E-state index contributed by atoms with van der Waals surface area (Å²) in [4.78, 5) is 24.6. The standard InChI is InChI=1S/C10H7N3O4S/c14-9-5-6-13(10(15)11-9)8-4-2-1-3-7(8)12-18(16)17/h1-6H,(H,11,14,15). The van der Waals surface area contributed by atoms with Crippen LogP contribution in [0.4, 0.5) is 5.69 Å². The fourth-order valence-corrected chi connectivity index (χ4v) is 1.75. The van der Waals surface area contributed by atoms with E-state index in [1.54, 1.807) is 12.1 Å². The van der Waals surface area contributed by atoms with Crippen molar-refractivity contribution in [2.24, 2.45) is 4.36 Å². The fraction of sp³-hybridized carbons (Fsp3) is 0. The van der Waals surface area contributed by atoms with Gasteiger partial charge in [-0.05, 0) is 12.1 Å². The van der Waals surface area contributed by atoms with Crippen LogP contribution in [0.3, 0.4) is 0 Å². The van der Waals surface area contributed by atoms with Gasteiger partial charge in [0.05, 0.1) is 5.69 Å². The maximum absolute atomic E-state index is 11.6. The third kappa shape index (κ3) is 2.43. The molecule has 0 aliphatic heterocycles. The van der Waals surface area contributed by atoms with Crippen molar-refractivity contribution in [3.05, 3.63) is 57.4 Å². The molecule has 18 heavy (non-hydrogen) atoms. The average molecular weight is 265 g/mol. The zero-order chi connectivity index (χ0) is 13.1. The lowest BCUT2D eigenvalue weighted by atomic mass is 10.2. The van der Waals surface area contributed by atoms with E-state index in [4.69, 9.17) is 0 Å². The Hall–Kier alpha value is -2.48. The summed E-state index contributed by atoms with van der Waals surface area (Å²) < 4.78 is 25.6. The summed E-state index contributed by atoms with van der Waals surface area (Å²) in [5.41, 5.74) is -0.817. The van der Waals surface area contributed by atoms with Gasteiger partial charge in [-0.1, -0.05) is 12.1 Å². The average Bonchev–Trinajstić information content (AvgIpc) is 2.30. The van der Waals surface area contributed by atoms with Crippen LogP contribution in [-0.4, -0.2) is 18.0 Å². The highest BCUT2D eigenvalue weighted by Gasteiger charge is 2.05. The van der Waals surface area contributed by atoms with E-state index in [9.17, 15) is 18.0 Å². The minimum Gasteiger partial charge on any atom is -0.274 e. The van der Waals surface area contributed by atoms with Crippen LogP contribution in [0.15, 0.2) is 50.5 Å². The minimum atomic E-state index is -2.62. The number of aromatic nitrogens is 2. The molecule has 0 fully saturated rings. The van der Waals surface area contributed by atoms with E-state index in [0.717, 1.165) is 10.6 Å². The Bertz CT molecular complexity index is 824. The van der Waals surface area contributed by atoms with Crippen molar-refractivity contribution in [2.45, 2.75) is 0 Å². The molecule has 0 aliphatic carbocycles. The number of hydrogen-bond acceptors (Lipinski definition) is 5. The highest BCUT2D eigenvalue weighted by Crippen LogP contribution is 2.20. The van der Waals surface area contributed by atoms with Gasteiger partial charge in [0.15, 0.2) is 0 Å². The molecule has 0 bridgehead atoms. The van der Waals surface area contributed by atoms with Gasteiger partial charge in [-0.2, -0.15) is 8.42 Å². The van der Waals surface area contributed by atoms with Gasteiger partial charge in [0.25, 0.3) is 5.56 Å². The third-order valence-corrected chi connectivity index (χ3v) is 2.48. The van der Waals surface area contributed by atoms with Gasteiger partial charge in [-0.25, -0.2) is 4.79 Å². The van der Waals surface area contributed by atoms with Crippen LogP contribution in [0.2, 0.25) is 0 Å². The number of para-hydroxylation sites is 1. The molecule has 0 saturated heterocycles. The summed E-state index contributed by atoms with van der Waals surface area (Å²) >= 11 is 0. The first-order valence-electron chi connectivity index (χ1n) is 4.80. The SMILES string of the molecule is O=c1ccn(-c2ccccc2N=S(=O)=O)c(=O)[nH]1. The first kappa shape index (κ1) is 12.0. The Morgan fingerprint density at radius 1 is 1.11 bits per heavy atom. The largest absolute Gasteiger partial charge is 0.332 e. The number of aromatic amines is 1. The molecule has 0 aliphatic rings. The molecule has 2 aromatic rings. The van der Waals surface area contributed by atoms with Crippen LogP contribution >= 0.6 is 0 Å². The van der Waals surface area contributed by atoms with Crippen molar-refractivity contribution in [3.8, 4) is 5.69 Å². The Kier molecular flexibility index (Phi) is 3.20. The van der Waals surface area contributed by atoms with E-state index in [1.165, 1.54) is 18.3 Å².